The Morgan fingerprint density at radius 3 is 2.57 bits per heavy atom. The second-order valence-electron chi connectivity index (χ2n) is 5.34. The van der Waals surface area contributed by atoms with Crippen molar-refractivity contribution >= 4 is 5.91 Å². The number of nitrogens with zero attached hydrogens (tertiary/aromatic N) is 2. The summed E-state index contributed by atoms with van der Waals surface area (Å²) in [7, 11) is 0. The van der Waals surface area contributed by atoms with E-state index < -0.39 is 11.2 Å². The van der Waals surface area contributed by atoms with E-state index in [0.717, 1.165) is 23.0 Å². The lowest BCUT2D eigenvalue weighted by Crippen LogP contribution is -2.43. The van der Waals surface area contributed by atoms with Crippen molar-refractivity contribution < 1.29 is 4.79 Å². The van der Waals surface area contributed by atoms with Crippen LogP contribution in [0.1, 0.15) is 25.3 Å². The third-order valence-electron chi connectivity index (χ3n) is 3.49. The van der Waals surface area contributed by atoms with Crippen molar-refractivity contribution in [2.24, 2.45) is 0 Å². The molecule has 2 rings (SSSR count). The minimum Gasteiger partial charge on any atom is -0.355 e. The average Bonchev–Trinajstić information content (AvgIpc) is 2.55. The Balaban J connectivity index is 2.17. The SMILES string of the molecule is CCCCNC(=O)Cn1c(=O)ccn(Cc2ccccc2)c1=O. The van der Waals surface area contributed by atoms with Gasteiger partial charge in [-0.2, -0.15) is 0 Å². The quantitative estimate of drug-likeness (QED) is 0.774. The number of aromatic nitrogens is 2. The van der Waals surface area contributed by atoms with Crippen molar-refractivity contribution in [3.63, 3.8) is 0 Å². The Morgan fingerprint density at radius 2 is 1.87 bits per heavy atom. The average molecular weight is 315 g/mol. The largest absolute Gasteiger partial charge is 0.355 e. The molecule has 6 heteroatoms. The van der Waals surface area contributed by atoms with Crippen LogP contribution in [0.4, 0.5) is 0 Å². The number of hydrogen-bond donors (Lipinski definition) is 1. The lowest BCUT2D eigenvalue weighted by atomic mass is 10.2. The molecule has 0 fully saturated rings. The predicted molar refractivity (Wildman–Crippen MR) is 88.4 cm³/mol. The molecular weight excluding hydrogens is 294 g/mol. The molecule has 1 heterocycles. The summed E-state index contributed by atoms with van der Waals surface area (Å²) >= 11 is 0. The fourth-order valence-corrected chi connectivity index (χ4v) is 2.21. The summed E-state index contributed by atoms with van der Waals surface area (Å²) < 4.78 is 2.39. The fourth-order valence-electron chi connectivity index (χ4n) is 2.21. The van der Waals surface area contributed by atoms with E-state index in [0.29, 0.717) is 13.1 Å². The molecule has 1 aromatic heterocycles. The van der Waals surface area contributed by atoms with Gasteiger partial charge in [0, 0.05) is 18.8 Å². The topological polar surface area (TPSA) is 73.1 Å². The van der Waals surface area contributed by atoms with E-state index in [9.17, 15) is 14.4 Å². The van der Waals surface area contributed by atoms with Gasteiger partial charge in [0.05, 0.1) is 6.54 Å². The van der Waals surface area contributed by atoms with Crippen molar-refractivity contribution in [1.82, 2.24) is 14.5 Å². The summed E-state index contributed by atoms with van der Waals surface area (Å²) in [4.78, 5) is 36.1. The van der Waals surface area contributed by atoms with Gasteiger partial charge in [-0.25, -0.2) is 4.79 Å². The third-order valence-corrected chi connectivity index (χ3v) is 3.49. The predicted octanol–water partition coefficient (Wildman–Crippen LogP) is 0.975. The zero-order valence-electron chi connectivity index (χ0n) is 13.2. The highest BCUT2D eigenvalue weighted by atomic mass is 16.2. The van der Waals surface area contributed by atoms with Crippen molar-refractivity contribution in [3.05, 3.63) is 69.0 Å². The van der Waals surface area contributed by atoms with E-state index in [1.165, 1.54) is 16.8 Å². The van der Waals surface area contributed by atoms with E-state index in [1.54, 1.807) is 0 Å². The van der Waals surface area contributed by atoms with Crippen molar-refractivity contribution in [3.8, 4) is 0 Å². The van der Waals surface area contributed by atoms with Gasteiger partial charge in [-0.1, -0.05) is 43.7 Å². The summed E-state index contributed by atoms with van der Waals surface area (Å²) in [5.41, 5.74) is 0.00384. The van der Waals surface area contributed by atoms with Gasteiger partial charge in [0.25, 0.3) is 5.56 Å². The molecule has 0 saturated heterocycles. The molecule has 2 aromatic rings. The van der Waals surface area contributed by atoms with Gasteiger partial charge >= 0.3 is 5.69 Å². The molecule has 0 bridgehead atoms. The van der Waals surface area contributed by atoms with E-state index >= 15 is 0 Å². The number of benzene rings is 1. The number of rotatable bonds is 7. The van der Waals surface area contributed by atoms with Gasteiger partial charge in [0.1, 0.15) is 6.54 Å². The first kappa shape index (κ1) is 16.7. The molecule has 1 aromatic carbocycles. The van der Waals surface area contributed by atoms with Crippen LogP contribution in [0.25, 0.3) is 0 Å². The smallest absolute Gasteiger partial charge is 0.331 e. The summed E-state index contributed by atoms with van der Waals surface area (Å²) in [5.74, 6) is -0.324. The van der Waals surface area contributed by atoms with Crippen LogP contribution < -0.4 is 16.6 Å². The molecule has 1 N–H and O–H groups in total. The highest BCUT2D eigenvalue weighted by Crippen LogP contribution is 1.99. The summed E-state index contributed by atoms with van der Waals surface area (Å²) in [6.07, 6.45) is 3.30. The van der Waals surface area contributed by atoms with Crippen molar-refractivity contribution in [2.75, 3.05) is 6.54 Å². The molecule has 0 spiro atoms. The van der Waals surface area contributed by atoms with Crippen molar-refractivity contribution in [2.45, 2.75) is 32.9 Å². The fraction of sp³-hybridized carbons (Fsp3) is 0.353. The van der Waals surface area contributed by atoms with Gasteiger partial charge in [-0.3, -0.25) is 18.7 Å². The molecule has 0 aliphatic carbocycles. The number of nitrogens with one attached hydrogen (secondary N) is 1. The van der Waals surface area contributed by atoms with Crippen LogP contribution in [0.5, 0.6) is 0 Å². The molecular formula is C17H21N3O3. The van der Waals surface area contributed by atoms with Crippen LogP contribution in [-0.2, 0) is 17.9 Å². The van der Waals surface area contributed by atoms with Crippen LogP contribution >= 0.6 is 0 Å². The monoisotopic (exact) mass is 315 g/mol. The Hall–Kier alpha value is -2.63. The minimum absolute atomic E-state index is 0.253. The van der Waals surface area contributed by atoms with Gasteiger partial charge in [-0.05, 0) is 12.0 Å². The Labute approximate surface area is 134 Å². The molecule has 1 amide bonds. The minimum atomic E-state index is -0.480. The van der Waals surface area contributed by atoms with E-state index in [-0.39, 0.29) is 12.5 Å². The highest BCUT2D eigenvalue weighted by Gasteiger charge is 2.09. The zero-order valence-corrected chi connectivity index (χ0v) is 13.2. The summed E-state index contributed by atoms with van der Waals surface area (Å²) in [5, 5.41) is 2.71. The normalized spacial score (nSPS) is 10.5. The number of carbonyl (C=O) groups excluding carboxylic acids is 1. The maximum atomic E-state index is 12.4. The first-order valence-electron chi connectivity index (χ1n) is 7.72. The summed E-state index contributed by atoms with van der Waals surface area (Å²) in [6, 6.07) is 10.8. The Kier molecular flexibility index (Phi) is 5.91. The lowest BCUT2D eigenvalue weighted by Gasteiger charge is -2.10. The molecule has 0 aliphatic heterocycles. The number of unbranched alkanes of at least 4 members (excludes halogenated alkanes) is 1. The molecule has 23 heavy (non-hydrogen) atoms. The third kappa shape index (κ3) is 4.67. The molecule has 6 nitrogen and oxygen atoms in total. The summed E-state index contributed by atoms with van der Waals surface area (Å²) in [6.45, 7) is 2.68. The number of carbonyl (C=O) groups is 1. The Morgan fingerprint density at radius 1 is 1.13 bits per heavy atom. The first-order valence-corrected chi connectivity index (χ1v) is 7.72. The Bertz CT molecular complexity index is 763. The van der Waals surface area contributed by atoms with Crippen LogP contribution in [-0.4, -0.2) is 21.6 Å². The lowest BCUT2D eigenvalue weighted by molar-refractivity contribution is -0.121. The molecule has 122 valence electrons. The van der Waals surface area contributed by atoms with Gasteiger partial charge in [-0.15, -0.1) is 0 Å². The first-order chi connectivity index (χ1) is 11.1. The maximum Gasteiger partial charge on any atom is 0.331 e. The maximum absolute atomic E-state index is 12.4. The molecule has 0 aliphatic rings. The number of hydrogen-bond acceptors (Lipinski definition) is 3. The van der Waals surface area contributed by atoms with Crippen LogP contribution in [0.2, 0.25) is 0 Å². The molecule has 0 atom stereocenters. The van der Waals surface area contributed by atoms with Crippen LogP contribution in [0.15, 0.2) is 52.2 Å². The highest BCUT2D eigenvalue weighted by molar-refractivity contribution is 5.75. The van der Waals surface area contributed by atoms with Gasteiger partial charge < -0.3 is 5.32 Å². The van der Waals surface area contributed by atoms with E-state index in [2.05, 4.69) is 5.32 Å². The standard InChI is InChI=1S/C17H21N3O3/c1-2-3-10-18-15(21)13-20-16(22)9-11-19(17(20)23)12-14-7-5-4-6-8-14/h4-9,11H,2-3,10,12-13H2,1H3,(H,18,21). The van der Waals surface area contributed by atoms with Gasteiger partial charge in [0.15, 0.2) is 0 Å². The van der Waals surface area contributed by atoms with Crippen molar-refractivity contribution in [1.29, 1.82) is 0 Å². The second kappa shape index (κ2) is 8.12. The molecule has 0 radical (unpaired) electrons. The van der Waals surface area contributed by atoms with Gasteiger partial charge in [0.2, 0.25) is 5.91 Å². The molecule has 0 saturated carbocycles. The van der Waals surface area contributed by atoms with Crippen LogP contribution in [0.3, 0.4) is 0 Å². The van der Waals surface area contributed by atoms with Crippen LogP contribution in [0, 0.1) is 0 Å². The number of amides is 1. The second-order valence-corrected chi connectivity index (χ2v) is 5.34. The van der Waals surface area contributed by atoms with E-state index in [1.807, 2.05) is 37.3 Å². The van der Waals surface area contributed by atoms with E-state index in [4.69, 9.17) is 0 Å². The zero-order chi connectivity index (χ0) is 16.7. The molecule has 0 unspecified atom stereocenters.